The first-order valence-electron chi connectivity index (χ1n) is 11.5. The molecule has 2 aromatic heterocycles. The lowest BCUT2D eigenvalue weighted by molar-refractivity contribution is 0.0635. The Labute approximate surface area is 207 Å². The van der Waals surface area contributed by atoms with E-state index in [1.54, 1.807) is 23.5 Å². The fourth-order valence-electron chi connectivity index (χ4n) is 4.01. The van der Waals surface area contributed by atoms with Gasteiger partial charge >= 0.3 is 0 Å². The summed E-state index contributed by atoms with van der Waals surface area (Å²) in [5.74, 6) is -0.159. The molecule has 1 N–H and O–H groups in total. The zero-order valence-corrected chi connectivity index (χ0v) is 21.5. The van der Waals surface area contributed by atoms with E-state index in [0.717, 1.165) is 37.2 Å². The van der Waals surface area contributed by atoms with Crippen LogP contribution in [-0.2, 0) is 0 Å². The van der Waals surface area contributed by atoms with E-state index in [4.69, 9.17) is 0 Å². The molecule has 0 saturated heterocycles. The van der Waals surface area contributed by atoms with E-state index in [-0.39, 0.29) is 23.7 Å². The Bertz CT molecular complexity index is 1230. The number of nitrogens with one attached hydrogen (secondary N) is 1. The molecule has 1 atom stereocenters. The van der Waals surface area contributed by atoms with E-state index in [1.165, 1.54) is 23.5 Å². The quantitative estimate of drug-likeness (QED) is 0.275. The fraction of sp³-hybridized carbons (Fsp3) is 0.346. The van der Waals surface area contributed by atoms with Gasteiger partial charge in [0.2, 0.25) is 0 Å². The molecule has 0 aliphatic carbocycles. The monoisotopic (exact) mass is 496 g/mol. The summed E-state index contributed by atoms with van der Waals surface area (Å²) >= 11 is 3.08. The Morgan fingerprint density at radius 2 is 1.82 bits per heavy atom. The number of aryl methyl sites for hydroxylation is 1. The van der Waals surface area contributed by atoms with E-state index >= 15 is 0 Å². The second-order valence-corrected chi connectivity index (χ2v) is 10.8. The lowest BCUT2D eigenvalue weighted by Gasteiger charge is -2.34. The van der Waals surface area contributed by atoms with Crippen molar-refractivity contribution in [3.05, 3.63) is 65.0 Å². The average Bonchev–Trinajstić information content (AvgIpc) is 3.41. The second kappa shape index (κ2) is 10.6. The summed E-state index contributed by atoms with van der Waals surface area (Å²) in [5.41, 5.74) is 2.22. The van der Waals surface area contributed by atoms with E-state index in [1.807, 2.05) is 30.0 Å². The Morgan fingerprint density at radius 3 is 2.50 bits per heavy atom. The molecule has 178 valence electrons. The van der Waals surface area contributed by atoms with Gasteiger partial charge in [-0.2, -0.15) is 0 Å². The number of anilines is 1. The topological polar surface area (TPSA) is 58.1 Å². The molecule has 0 bridgehead atoms. The van der Waals surface area contributed by atoms with Gasteiger partial charge in [-0.15, -0.1) is 11.3 Å². The number of hydrogen-bond acceptors (Lipinski definition) is 6. The zero-order chi connectivity index (χ0) is 24.2. The maximum absolute atomic E-state index is 13.9. The smallest absolute Gasteiger partial charge is 0.274 e. The van der Waals surface area contributed by atoms with Crippen LogP contribution in [0.15, 0.2) is 48.5 Å². The number of aromatic nitrogens is 2. The summed E-state index contributed by atoms with van der Waals surface area (Å²) in [6, 6.07) is 14.3. The van der Waals surface area contributed by atoms with Crippen LogP contribution >= 0.6 is 22.7 Å². The highest BCUT2D eigenvalue weighted by atomic mass is 32.1. The molecular formula is C26H29FN4OS2. The largest absolute Gasteiger partial charge is 0.359 e. The summed E-state index contributed by atoms with van der Waals surface area (Å²) < 4.78 is 14.6. The van der Waals surface area contributed by atoms with Crippen LogP contribution in [0.5, 0.6) is 0 Å². The third kappa shape index (κ3) is 5.28. The van der Waals surface area contributed by atoms with Crippen molar-refractivity contribution in [2.24, 2.45) is 5.92 Å². The summed E-state index contributed by atoms with van der Waals surface area (Å²) in [6.07, 6.45) is 0.838. The molecule has 1 unspecified atom stereocenters. The molecule has 0 spiro atoms. The van der Waals surface area contributed by atoms with Crippen LogP contribution in [0.4, 0.5) is 9.52 Å². The molecule has 2 heterocycles. The average molecular weight is 497 g/mol. The lowest BCUT2D eigenvalue weighted by Crippen LogP contribution is -2.47. The minimum Gasteiger partial charge on any atom is -0.359 e. The maximum Gasteiger partial charge on any atom is 0.274 e. The highest BCUT2D eigenvalue weighted by molar-refractivity contribution is 7.22. The molecule has 5 nitrogen and oxygen atoms in total. The predicted molar refractivity (Wildman–Crippen MR) is 140 cm³/mol. The molecule has 34 heavy (non-hydrogen) atoms. The van der Waals surface area contributed by atoms with Crippen LogP contribution in [0.2, 0.25) is 0 Å². The SMILES string of the molecule is CCCN(C(=O)c1nc(C)sc1-c1ccc(F)cc1)C(CNc1nc2ccccc2s1)C(C)C. The van der Waals surface area contributed by atoms with Crippen molar-refractivity contribution >= 4 is 43.9 Å². The number of nitrogens with zero attached hydrogens (tertiary/aromatic N) is 3. The van der Waals surface area contributed by atoms with Gasteiger partial charge in [0.15, 0.2) is 5.13 Å². The Kier molecular flexibility index (Phi) is 7.58. The number of rotatable bonds is 9. The summed E-state index contributed by atoms with van der Waals surface area (Å²) in [5, 5.41) is 5.14. The van der Waals surface area contributed by atoms with Crippen molar-refractivity contribution < 1.29 is 9.18 Å². The Balaban J connectivity index is 1.61. The molecular weight excluding hydrogens is 467 g/mol. The van der Waals surface area contributed by atoms with Crippen LogP contribution in [0.3, 0.4) is 0 Å². The minimum absolute atomic E-state index is 0.0393. The molecule has 4 aromatic rings. The first-order chi connectivity index (χ1) is 16.4. The molecule has 0 aliphatic heterocycles. The number of para-hydroxylation sites is 1. The van der Waals surface area contributed by atoms with Gasteiger partial charge < -0.3 is 10.2 Å². The molecule has 2 aromatic carbocycles. The molecule has 0 radical (unpaired) electrons. The summed E-state index contributed by atoms with van der Waals surface area (Å²) in [4.78, 5) is 25.9. The third-order valence-corrected chi connectivity index (χ3v) is 7.71. The normalized spacial score (nSPS) is 12.3. The molecule has 0 fully saturated rings. The summed E-state index contributed by atoms with van der Waals surface area (Å²) in [7, 11) is 0. The van der Waals surface area contributed by atoms with Gasteiger partial charge in [0.05, 0.1) is 26.1 Å². The number of hydrogen-bond donors (Lipinski definition) is 1. The van der Waals surface area contributed by atoms with Crippen molar-refractivity contribution in [1.82, 2.24) is 14.9 Å². The van der Waals surface area contributed by atoms with Gasteiger partial charge in [-0.05, 0) is 49.1 Å². The van der Waals surface area contributed by atoms with Gasteiger partial charge in [-0.25, -0.2) is 14.4 Å². The fourth-order valence-corrected chi connectivity index (χ4v) is 5.80. The van der Waals surface area contributed by atoms with E-state index in [9.17, 15) is 9.18 Å². The second-order valence-electron chi connectivity index (χ2n) is 8.60. The van der Waals surface area contributed by atoms with Crippen LogP contribution in [0.1, 0.15) is 42.7 Å². The van der Waals surface area contributed by atoms with Crippen molar-refractivity contribution in [1.29, 1.82) is 0 Å². The van der Waals surface area contributed by atoms with Crippen LogP contribution in [0, 0.1) is 18.7 Å². The van der Waals surface area contributed by atoms with Gasteiger partial charge in [0.25, 0.3) is 5.91 Å². The van der Waals surface area contributed by atoms with Crippen LogP contribution < -0.4 is 5.32 Å². The first-order valence-corrected chi connectivity index (χ1v) is 13.1. The van der Waals surface area contributed by atoms with E-state index in [2.05, 4.69) is 42.1 Å². The molecule has 1 amide bonds. The lowest BCUT2D eigenvalue weighted by atomic mass is 10.0. The van der Waals surface area contributed by atoms with Crippen molar-refractivity contribution in [3.8, 4) is 10.4 Å². The number of amides is 1. The Morgan fingerprint density at radius 1 is 1.09 bits per heavy atom. The van der Waals surface area contributed by atoms with Crippen LogP contribution in [0.25, 0.3) is 20.7 Å². The number of halogens is 1. The summed E-state index contributed by atoms with van der Waals surface area (Å²) in [6.45, 7) is 9.46. The highest BCUT2D eigenvalue weighted by Gasteiger charge is 2.30. The zero-order valence-electron chi connectivity index (χ0n) is 19.8. The van der Waals surface area contributed by atoms with Gasteiger partial charge in [-0.1, -0.05) is 56.4 Å². The van der Waals surface area contributed by atoms with Crippen LogP contribution in [-0.4, -0.2) is 39.9 Å². The molecule has 0 aliphatic rings. The van der Waals surface area contributed by atoms with Gasteiger partial charge in [0.1, 0.15) is 11.5 Å². The molecule has 8 heteroatoms. The predicted octanol–water partition coefficient (Wildman–Crippen LogP) is 6.86. The first kappa shape index (κ1) is 24.3. The number of fused-ring (bicyclic) bond motifs is 1. The minimum atomic E-state index is -0.300. The number of carbonyl (C=O) groups is 1. The van der Waals surface area contributed by atoms with E-state index < -0.39 is 0 Å². The molecule has 0 saturated carbocycles. The van der Waals surface area contributed by atoms with Crippen molar-refractivity contribution in [2.75, 3.05) is 18.4 Å². The van der Waals surface area contributed by atoms with Gasteiger partial charge in [-0.3, -0.25) is 4.79 Å². The Hall–Kier alpha value is -2.84. The van der Waals surface area contributed by atoms with Crippen molar-refractivity contribution in [2.45, 2.75) is 40.2 Å². The van der Waals surface area contributed by atoms with E-state index in [0.29, 0.717) is 18.8 Å². The third-order valence-electron chi connectivity index (χ3n) is 5.69. The molecule has 4 rings (SSSR count). The maximum atomic E-state index is 13.9. The van der Waals surface area contributed by atoms with Crippen molar-refractivity contribution in [3.63, 3.8) is 0 Å². The highest BCUT2D eigenvalue weighted by Crippen LogP contribution is 2.32. The van der Waals surface area contributed by atoms with Gasteiger partial charge in [0, 0.05) is 13.1 Å². The number of thiazole rings is 2. The number of carbonyl (C=O) groups excluding carboxylic acids is 1. The standard InChI is InChI=1S/C26H29FN4OS2/c1-5-14-31(21(16(2)3)15-28-26-30-20-8-6-7-9-22(20)34-26)25(32)23-24(33-17(4)29-23)18-10-12-19(27)13-11-18/h6-13,16,21H,5,14-15H2,1-4H3,(H,28,30). The number of benzene rings is 2.